The summed E-state index contributed by atoms with van der Waals surface area (Å²) in [5, 5.41) is 6.00. The molecule has 0 bridgehead atoms. The highest BCUT2D eigenvalue weighted by molar-refractivity contribution is 5.76. The Labute approximate surface area is 119 Å². The second-order valence-electron chi connectivity index (χ2n) is 4.49. The quantitative estimate of drug-likeness (QED) is 0.417. The first-order chi connectivity index (χ1) is 9.62. The summed E-state index contributed by atoms with van der Waals surface area (Å²) in [5.74, 6) is 7.52. The normalized spacial score (nSPS) is 10.2. The SMILES string of the molecule is CCCNC(=O)CCNc1nc(CC)nc(NN)c1C. The fraction of sp³-hybridized carbons (Fsp3) is 0.615. The lowest BCUT2D eigenvalue weighted by Crippen LogP contribution is -2.26. The Hall–Kier alpha value is -1.89. The van der Waals surface area contributed by atoms with Gasteiger partial charge in [-0.1, -0.05) is 13.8 Å². The number of nitrogens with one attached hydrogen (secondary N) is 3. The summed E-state index contributed by atoms with van der Waals surface area (Å²) in [6, 6.07) is 0. The molecule has 0 atom stereocenters. The van der Waals surface area contributed by atoms with Crippen LogP contribution >= 0.6 is 0 Å². The van der Waals surface area contributed by atoms with Gasteiger partial charge in [0.2, 0.25) is 5.91 Å². The van der Waals surface area contributed by atoms with Crippen LogP contribution in [0.3, 0.4) is 0 Å². The molecule has 0 aliphatic rings. The summed E-state index contributed by atoms with van der Waals surface area (Å²) >= 11 is 0. The molecule has 0 saturated heterocycles. The lowest BCUT2D eigenvalue weighted by molar-refractivity contribution is -0.120. The summed E-state index contributed by atoms with van der Waals surface area (Å²) < 4.78 is 0. The summed E-state index contributed by atoms with van der Waals surface area (Å²) in [6.07, 6.45) is 2.08. The molecule has 0 unspecified atom stereocenters. The molecule has 0 spiro atoms. The van der Waals surface area contributed by atoms with E-state index in [2.05, 4.69) is 26.0 Å². The third-order valence-electron chi connectivity index (χ3n) is 2.86. The smallest absolute Gasteiger partial charge is 0.221 e. The predicted molar refractivity (Wildman–Crippen MR) is 80.4 cm³/mol. The van der Waals surface area contributed by atoms with Crippen molar-refractivity contribution in [2.75, 3.05) is 23.8 Å². The van der Waals surface area contributed by atoms with E-state index in [-0.39, 0.29) is 5.91 Å². The van der Waals surface area contributed by atoms with Crippen molar-refractivity contribution in [2.45, 2.75) is 40.0 Å². The molecule has 1 heterocycles. The maximum Gasteiger partial charge on any atom is 0.221 e. The van der Waals surface area contributed by atoms with E-state index < -0.39 is 0 Å². The van der Waals surface area contributed by atoms with E-state index in [4.69, 9.17) is 5.84 Å². The molecule has 0 aliphatic carbocycles. The maximum atomic E-state index is 11.5. The van der Waals surface area contributed by atoms with Crippen molar-refractivity contribution in [1.82, 2.24) is 15.3 Å². The minimum Gasteiger partial charge on any atom is -0.369 e. The number of rotatable bonds is 8. The lowest BCUT2D eigenvalue weighted by Gasteiger charge is -2.13. The predicted octanol–water partition coefficient (Wildman–Crippen LogP) is 0.961. The number of carbonyl (C=O) groups excluding carboxylic acids is 1. The van der Waals surface area contributed by atoms with Crippen LogP contribution in [0.5, 0.6) is 0 Å². The Kier molecular flexibility index (Phi) is 6.72. The zero-order chi connectivity index (χ0) is 15.0. The van der Waals surface area contributed by atoms with Crippen LogP contribution in [-0.2, 0) is 11.2 Å². The molecule has 0 saturated carbocycles. The van der Waals surface area contributed by atoms with Crippen LogP contribution in [0, 0.1) is 6.92 Å². The fourth-order valence-electron chi connectivity index (χ4n) is 1.68. The number of aromatic nitrogens is 2. The number of nitrogens with zero attached hydrogens (tertiary/aromatic N) is 2. The number of nitrogens with two attached hydrogens (primary N) is 1. The van der Waals surface area contributed by atoms with Crippen molar-refractivity contribution in [3.8, 4) is 0 Å². The number of carbonyl (C=O) groups is 1. The van der Waals surface area contributed by atoms with Gasteiger partial charge >= 0.3 is 0 Å². The van der Waals surface area contributed by atoms with Crippen LogP contribution < -0.4 is 21.9 Å². The zero-order valence-corrected chi connectivity index (χ0v) is 12.4. The van der Waals surface area contributed by atoms with Crippen LogP contribution in [-0.4, -0.2) is 29.0 Å². The van der Waals surface area contributed by atoms with E-state index in [1.807, 2.05) is 20.8 Å². The number of aryl methyl sites for hydroxylation is 1. The summed E-state index contributed by atoms with van der Waals surface area (Å²) in [4.78, 5) is 20.2. The average molecular weight is 280 g/mol. The van der Waals surface area contributed by atoms with Gasteiger partial charge in [0.1, 0.15) is 17.5 Å². The monoisotopic (exact) mass is 280 g/mol. The van der Waals surface area contributed by atoms with Crippen LogP contribution in [0.1, 0.15) is 38.1 Å². The molecule has 0 aromatic carbocycles. The third-order valence-corrected chi connectivity index (χ3v) is 2.86. The van der Waals surface area contributed by atoms with Crippen LogP contribution in [0.25, 0.3) is 0 Å². The van der Waals surface area contributed by atoms with E-state index in [0.29, 0.717) is 37.0 Å². The molecule has 1 amide bonds. The molecule has 112 valence electrons. The van der Waals surface area contributed by atoms with Crippen molar-refractivity contribution in [3.63, 3.8) is 0 Å². The van der Waals surface area contributed by atoms with E-state index in [0.717, 1.165) is 18.4 Å². The van der Waals surface area contributed by atoms with Crippen LogP contribution in [0.15, 0.2) is 0 Å². The first kappa shape index (κ1) is 16.2. The standard InChI is InChI=1S/C13H24N6O/c1-4-7-15-11(20)6-8-16-12-9(3)13(19-14)18-10(5-2)17-12/h4-8,14H2,1-3H3,(H,15,20)(H2,16,17,18,19). The Morgan fingerprint density at radius 2 is 1.90 bits per heavy atom. The topological polar surface area (TPSA) is 105 Å². The number of amides is 1. The number of anilines is 2. The van der Waals surface area contributed by atoms with Crippen molar-refractivity contribution in [1.29, 1.82) is 0 Å². The zero-order valence-electron chi connectivity index (χ0n) is 12.4. The van der Waals surface area contributed by atoms with Crippen molar-refractivity contribution < 1.29 is 4.79 Å². The Bertz CT molecular complexity index is 449. The van der Waals surface area contributed by atoms with E-state index >= 15 is 0 Å². The highest BCUT2D eigenvalue weighted by atomic mass is 16.1. The second kappa shape index (κ2) is 8.31. The summed E-state index contributed by atoms with van der Waals surface area (Å²) in [7, 11) is 0. The van der Waals surface area contributed by atoms with Gasteiger partial charge in [-0.3, -0.25) is 4.79 Å². The third kappa shape index (κ3) is 4.65. The number of hydrogen-bond acceptors (Lipinski definition) is 6. The van der Waals surface area contributed by atoms with Crippen LogP contribution in [0.4, 0.5) is 11.6 Å². The molecule has 0 aliphatic heterocycles. The molecular formula is C13H24N6O. The Morgan fingerprint density at radius 1 is 1.20 bits per heavy atom. The summed E-state index contributed by atoms with van der Waals surface area (Å²) in [6.45, 7) is 7.13. The first-order valence-electron chi connectivity index (χ1n) is 6.97. The van der Waals surface area contributed by atoms with Gasteiger partial charge < -0.3 is 16.1 Å². The van der Waals surface area contributed by atoms with Gasteiger partial charge in [-0.15, -0.1) is 0 Å². The average Bonchev–Trinajstić information content (AvgIpc) is 2.46. The van der Waals surface area contributed by atoms with Gasteiger partial charge in [0.15, 0.2) is 0 Å². The molecule has 0 radical (unpaired) electrons. The molecule has 7 nitrogen and oxygen atoms in total. The molecule has 0 fully saturated rings. The van der Waals surface area contributed by atoms with Gasteiger partial charge in [0.05, 0.1) is 0 Å². The van der Waals surface area contributed by atoms with Crippen LogP contribution in [0.2, 0.25) is 0 Å². The van der Waals surface area contributed by atoms with Crippen molar-refractivity contribution >= 4 is 17.5 Å². The van der Waals surface area contributed by atoms with Crippen molar-refractivity contribution in [3.05, 3.63) is 11.4 Å². The van der Waals surface area contributed by atoms with Gasteiger partial charge in [0, 0.05) is 31.5 Å². The van der Waals surface area contributed by atoms with E-state index in [9.17, 15) is 4.79 Å². The molecular weight excluding hydrogens is 256 g/mol. The molecule has 1 aromatic heterocycles. The summed E-state index contributed by atoms with van der Waals surface area (Å²) in [5.41, 5.74) is 3.41. The fourth-order valence-corrected chi connectivity index (χ4v) is 1.68. The first-order valence-corrected chi connectivity index (χ1v) is 6.97. The van der Waals surface area contributed by atoms with E-state index in [1.165, 1.54) is 0 Å². The Balaban J connectivity index is 2.61. The van der Waals surface area contributed by atoms with Gasteiger partial charge in [-0.25, -0.2) is 15.8 Å². The Morgan fingerprint density at radius 3 is 2.50 bits per heavy atom. The molecule has 20 heavy (non-hydrogen) atoms. The number of nitrogen functional groups attached to an aromatic ring is 1. The molecule has 7 heteroatoms. The van der Waals surface area contributed by atoms with Gasteiger partial charge in [0.25, 0.3) is 0 Å². The highest BCUT2D eigenvalue weighted by Gasteiger charge is 2.09. The molecule has 1 aromatic rings. The molecule has 5 N–H and O–H groups in total. The van der Waals surface area contributed by atoms with Crippen molar-refractivity contribution in [2.24, 2.45) is 5.84 Å². The van der Waals surface area contributed by atoms with Gasteiger partial charge in [-0.2, -0.15) is 0 Å². The lowest BCUT2D eigenvalue weighted by atomic mass is 10.3. The second-order valence-corrected chi connectivity index (χ2v) is 4.49. The number of hydrogen-bond donors (Lipinski definition) is 4. The largest absolute Gasteiger partial charge is 0.369 e. The molecule has 1 rings (SSSR count). The maximum absolute atomic E-state index is 11.5. The number of hydrazine groups is 1. The van der Waals surface area contributed by atoms with E-state index in [1.54, 1.807) is 0 Å². The van der Waals surface area contributed by atoms with Gasteiger partial charge in [-0.05, 0) is 13.3 Å². The minimum atomic E-state index is 0.0407. The minimum absolute atomic E-state index is 0.0407. The highest BCUT2D eigenvalue weighted by Crippen LogP contribution is 2.19.